The van der Waals surface area contributed by atoms with E-state index in [9.17, 15) is 20.2 Å². The van der Waals surface area contributed by atoms with Crippen LogP contribution in [0.5, 0.6) is 0 Å². The molecule has 0 aliphatic carbocycles. The summed E-state index contributed by atoms with van der Waals surface area (Å²) >= 11 is 1.23. The Bertz CT molecular complexity index is 701. The smallest absolute Gasteiger partial charge is 0.269 e. The maximum atomic E-state index is 12.1. The quantitative estimate of drug-likeness (QED) is 0.477. The lowest BCUT2D eigenvalue weighted by Crippen LogP contribution is -2.41. The van der Waals surface area contributed by atoms with E-state index < -0.39 is 22.1 Å². The maximum absolute atomic E-state index is 12.1. The Kier molecular flexibility index (Phi) is 6.28. The molecule has 1 aliphatic rings. The standard InChI is InChI=1S/C15H16N4O4S/c1-23-7-3-6-17-15-12(9-16)13(20)18-14(24-15)10-4-2-5-11(8-10)19(21)22/h2,4-5,8,12,14H,3,6-7H2,1H3,(H,18,20)/t12?,14-/m0/s1. The second kappa shape index (κ2) is 8.42. The van der Waals surface area contributed by atoms with Gasteiger partial charge < -0.3 is 10.1 Å². The van der Waals surface area contributed by atoms with E-state index in [2.05, 4.69) is 10.3 Å². The summed E-state index contributed by atoms with van der Waals surface area (Å²) in [4.78, 5) is 26.9. The summed E-state index contributed by atoms with van der Waals surface area (Å²) in [7, 11) is 1.59. The van der Waals surface area contributed by atoms with Gasteiger partial charge in [-0.15, -0.1) is 0 Å². The molecule has 1 saturated heterocycles. The van der Waals surface area contributed by atoms with E-state index in [0.29, 0.717) is 30.2 Å². The number of carbonyl (C=O) groups is 1. The number of nitrogens with one attached hydrogen (secondary N) is 1. The van der Waals surface area contributed by atoms with E-state index in [0.717, 1.165) is 0 Å². The van der Waals surface area contributed by atoms with Gasteiger partial charge in [0.25, 0.3) is 5.69 Å². The number of nitrogens with zero attached hydrogens (tertiary/aromatic N) is 3. The first-order valence-corrected chi connectivity index (χ1v) is 8.09. The van der Waals surface area contributed by atoms with E-state index in [1.807, 2.05) is 6.07 Å². The van der Waals surface area contributed by atoms with E-state index in [4.69, 9.17) is 4.74 Å². The lowest BCUT2D eigenvalue weighted by molar-refractivity contribution is -0.384. The zero-order valence-corrected chi connectivity index (χ0v) is 13.8. The van der Waals surface area contributed by atoms with Crippen LogP contribution in [0.25, 0.3) is 0 Å². The molecule has 2 rings (SSSR count). The van der Waals surface area contributed by atoms with Crippen LogP contribution >= 0.6 is 11.8 Å². The van der Waals surface area contributed by atoms with Gasteiger partial charge in [0.15, 0.2) is 5.92 Å². The number of nitro benzene ring substituents is 1. The summed E-state index contributed by atoms with van der Waals surface area (Å²) in [6.07, 6.45) is 0.682. The van der Waals surface area contributed by atoms with Crippen molar-refractivity contribution in [2.24, 2.45) is 10.9 Å². The number of nitro groups is 1. The van der Waals surface area contributed by atoms with Crippen LogP contribution in [0, 0.1) is 27.4 Å². The first kappa shape index (κ1) is 17.9. The molecule has 1 amide bonds. The third-order valence-corrected chi connectivity index (χ3v) is 4.54. The molecule has 2 atom stereocenters. The molecule has 1 fully saturated rings. The number of methoxy groups -OCH3 is 1. The fourth-order valence-corrected chi connectivity index (χ4v) is 3.30. The van der Waals surface area contributed by atoms with E-state index >= 15 is 0 Å². The highest BCUT2D eigenvalue weighted by Crippen LogP contribution is 2.35. The molecule has 0 radical (unpaired) electrons. The molecule has 0 spiro atoms. The molecule has 24 heavy (non-hydrogen) atoms. The Labute approximate surface area is 143 Å². The lowest BCUT2D eigenvalue weighted by Gasteiger charge is -2.27. The van der Waals surface area contributed by atoms with Crippen LogP contribution in [0.4, 0.5) is 5.69 Å². The SMILES string of the molecule is COCCCN=C1S[C@@H](c2cccc([N+](=O)[O-])c2)NC(=O)C1C#N. The Morgan fingerprint density at radius 2 is 2.33 bits per heavy atom. The number of non-ortho nitro benzene ring substituents is 1. The van der Waals surface area contributed by atoms with Crippen molar-refractivity contribution in [1.29, 1.82) is 5.26 Å². The Balaban J connectivity index is 2.21. The van der Waals surface area contributed by atoms with E-state index in [1.165, 1.54) is 23.9 Å². The number of rotatable bonds is 6. The molecule has 1 aromatic carbocycles. The van der Waals surface area contributed by atoms with Crippen molar-refractivity contribution >= 4 is 28.4 Å². The summed E-state index contributed by atoms with van der Waals surface area (Å²) in [5, 5.41) is 22.7. The molecular weight excluding hydrogens is 332 g/mol. The fourth-order valence-electron chi connectivity index (χ4n) is 2.14. The first-order valence-electron chi connectivity index (χ1n) is 7.21. The number of hydrogen-bond donors (Lipinski definition) is 1. The van der Waals surface area contributed by atoms with Crippen LogP contribution in [0.3, 0.4) is 0 Å². The number of carbonyl (C=O) groups excluding carboxylic acids is 1. The molecule has 126 valence electrons. The highest BCUT2D eigenvalue weighted by molar-refractivity contribution is 8.14. The van der Waals surface area contributed by atoms with Crippen LogP contribution in [-0.2, 0) is 9.53 Å². The fraction of sp³-hybridized carbons (Fsp3) is 0.400. The van der Waals surface area contributed by atoms with Crippen LogP contribution in [0.2, 0.25) is 0 Å². The van der Waals surface area contributed by atoms with Crippen LogP contribution < -0.4 is 5.32 Å². The number of ether oxygens (including phenoxy) is 1. The number of hydrogen-bond acceptors (Lipinski definition) is 7. The van der Waals surface area contributed by atoms with Crippen molar-refractivity contribution in [2.75, 3.05) is 20.3 Å². The normalized spacial score (nSPS) is 22.0. The number of amides is 1. The van der Waals surface area contributed by atoms with Crippen molar-refractivity contribution in [3.63, 3.8) is 0 Å². The molecule has 1 heterocycles. The molecule has 0 saturated carbocycles. The highest BCUT2D eigenvalue weighted by Gasteiger charge is 2.35. The molecule has 1 unspecified atom stereocenters. The number of thioether (sulfide) groups is 1. The minimum Gasteiger partial charge on any atom is -0.385 e. The van der Waals surface area contributed by atoms with Crippen LogP contribution in [-0.4, -0.2) is 36.1 Å². The van der Waals surface area contributed by atoms with E-state index in [1.54, 1.807) is 19.2 Å². The van der Waals surface area contributed by atoms with Crippen LogP contribution in [0.1, 0.15) is 17.4 Å². The molecule has 1 aromatic rings. The van der Waals surface area contributed by atoms with Gasteiger partial charge in [-0.1, -0.05) is 23.9 Å². The zero-order valence-electron chi connectivity index (χ0n) is 13.0. The predicted molar refractivity (Wildman–Crippen MR) is 89.5 cm³/mol. The van der Waals surface area contributed by atoms with E-state index in [-0.39, 0.29) is 5.69 Å². The Hall–Kier alpha value is -2.44. The average molecular weight is 348 g/mol. The molecule has 9 heteroatoms. The maximum Gasteiger partial charge on any atom is 0.269 e. The second-order valence-electron chi connectivity index (χ2n) is 4.99. The monoisotopic (exact) mass is 348 g/mol. The molecule has 1 aliphatic heterocycles. The number of nitriles is 1. The molecule has 0 aromatic heterocycles. The number of benzene rings is 1. The third-order valence-electron chi connectivity index (χ3n) is 3.31. The second-order valence-corrected chi connectivity index (χ2v) is 6.11. The first-order chi connectivity index (χ1) is 11.6. The largest absolute Gasteiger partial charge is 0.385 e. The van der Waals surface area contributed by atoms with Gasteiger partial charge in [0.05, 0.1) is 16.0 Å². The van der Waals surface area contributed by atoms with Crippen LogP contribution in [0.15, 0.2) is 29.3 Å². The van der Waals surface area contributed by atoms with Gasteiger partial charge >= 0.3 is 0 Å². The summed E-state index contributed by atoms with van der Waals surface area (Å²) in [5.74, 6) is -1.40. The van der Waals surface area contributed by atoms with Crippen molar-refractivity contribution in [1.82, 2.24) is 5.32 Å². The van der Waals surface area contributed by atoms with Gasteiger partial charge in [-0.25, -0.2) is 0 Å². The topological polar surface area (TPSA) is 118 Å². The van der Waals surface area contributed by atoms with Gasteiger partial charge in [-0.2, -0.15) is 5.26 Å². The summed E-state index contributed by atoms with van der Waals surface area (Å²) in [6.45, 7) is 0.989. The Morgan fingerprint density at radius 1 is 1.54 bits per heavy atom. The Morgan fingerprint density at radius 3 is 3.00 bits per heavy atom. The minimum absolute atomic E-state index is 0.0525. The summed E-state index contributed by atoms with van der Waals surface area (Å²) in [5.41, 5.74) is 0.534. The molecular formula is C15H16N4O4S. The molecule has 8 nitrogen and oxygen atoms in total. The predicted octanol–water partition coefficient (Wildman–Crippen LogP) is 2.03. The zero-order chi connectivity index (χ0) is 17.5. The van der Waals surface area contributed by atoms with Gasteiger partial charge in [0.1, 0.15) is 5.37 Å². The van der Waals surface area contributed by atoms with Gasteiger partial charge in [0.2, 0.25) is 5.91 Å². The summed E-state index contributed by atoms with van der Waals surface area (Å²) < 4.78 is 4.95. The summed E-state index contributed by atoms with van der Waals surface area (Å²) in [6, 6.07) is 7.99. The average Bonchev–Trinajstić information content (AvgIpc) is 2.58. The third kappa shape index (κ3) is 4.31. The van der Waals surface area contributed by atoms with Crippen molar-refractivity contribution in [3.05, 3.63) is 39.9 Å². The minimum atomic E-state index is -0.951. The van der Waals surface area contributed by atoms with Gasteiger partial charge in [-0.05, 0) is 12.0 Å². The number of aliphatic imine (C=N–C) groups is 1. The van der Waals surface area contributed by atoms with Crippen molar-refractivity contribution in [2.45, 2.75) is 11.8 Å². The van der Waals surface area contributed by atoms with Crippen molar-refractivity contribution < 1.29 is 14.5 Å². The van der Waals surface area contributed by atoms with Gasteiger partial charge in [0, 0.05) is 32.4 Å². The molecule has 1 N–H and O–H groups in total. The van der Waals surface area contributed by atoms with Crippen molar-refractivity contribution in [3.8, 4) is 6.07 Å². The highest BCUT2D eigenvalue weighted by atomic mass is 32.2. The van der Waals surface area contributed by atoms with Gasteiger partial charge in [-0.3, -0.25) is 19.9 Å². The molecule has 0 bridgehead atoms. The lowest BCUT2D eigenvalue weighted by atomic mass is 10.1.